The molecule has 0 unspecified atom stereocenters. The Bertz CT molecular complexity index is 2310. The van der Waals surface area contributed by atoms with Gasteiger partial charge in [-0.25, -0.2) is 0 Å². The molecular weight excluding hydrogens is 527 g/mol. The van der Waals surface area contributed by atoms with Crippen molar-refractivity contribution in [3.8, 4) is 39.1 Å². The van der Waals surface area contributed by atoms with Crippen LogP contribution in [0.15, 0.2) is 161 Å². The summed E-state index contributed by atoms with van der Waals surface area (Å²) >= 11 is 1.89. The third-order valence-corrected chi connectivity index (χ3v) is 9.74. The average molecular weight is 552 g/mol. The molecular formula is C40H25NS. The van der Waals surface area contributed by atoms with E-state index in [4.69, 9.17) is 0 Å². The molecule has 1 aliphatic rings. The normalized spacial score (nSPS) is 12.2. The van der Waals surface area contributed by atoms with E-state index < -0.39 is 0 Å². The van der Waals surface area contributed by atoms with Gasteiger partial charge in [0.1, 0.15) is 0 Å². The summed E-state index contributed by atoms with van der Waals surface area (Å²) in [6, 6.07) is 55.4. The summed E-state index contributed by atoms with van der Waals surface area (Å²) in [5.41, 5.74) is 11.3. The maximum Gasteiger partial charge on any atom is 0.0547 e. The van der Waals surface area contributed by atoms with Gasteiger partial charge < -0.3 is 4.57 Å². The Kier molecular flexibility index (Phi) is 5.20. The van der Waals surface area contributed by atoms with E-state index in [2.05, 4.69) is 156 Å². The van der Waals surface area contributed by atoms with Gasteiger partial charge in [-0.3, -0.25) is 0 Å². The molecule has 1 aromatic heterocycles. The molecule has 0 bridgehead atoms. The lowest BCUT2D eigenvalue weighted by atomic mass is 9.90. The summed E-state index contributed by atoms with van der Waals surface area (Å²) in [7, 11) is 0. The standard InChI is InChI=1S/C40H25NS/c1-3-11-26(12-4-1)27-21-23-37-34(25-27)32-17-9-16-31-29(22-24-38(42-37)40(31)32)30-18-10-20-36-39(30)33-15-7-8-19-35(33)41(36)28-13-5-2-6-14-28/h1-25H. The van der Waals surface area contributed by atoms with E-state index in [1.54, 1.807) is 0 Å². The van der Waals surface area contributed by atoms with Crippen LogP contribution in [0, 0.1) is 0 Å². The number of benzene rings is 7. The maximum absolute atomic E-state index is 2.40. The van der Waals surface area contributed by atoms with Crippen molar-refractivity contribution >= 4 is 44.3 Å². The van der Waals surface area contributed by atoms with Gasteiger partial charge in [0, 0.05) is 31.6 Å². The second-order valence-corrected chi connectivity index (χ2v) is 12.0. The Morgan fingerprint density at radius 3 is 1.90 bits per heavy atom. The average Bonchev–Trinajstić information content (AvgIpc) is 3.40. The first-order valence-electron chi connectivity index (χ1n) is 14.4. The van der Waals surface area contributed by atoms with Crippen molar-refractivity contribution < 1.29 is 0 Å². The van der Waals surface area contributed by atoms with Gasteiger partial charge in [0.05, 0.1) is 11.0 Å². The minimum Gasteiger partial charge on any atom is -0.309 e. The van der Waals surface area contributed by atoms with E-state index in [9.17, 15) is 0 Å². The molecule has 0 aliphatic carbocycles. The van der Waals surface area contributed by atoms with Crippen LogP contribution in [0.3, 0.4) is 0 Å². The number of hydrogen-bond donors (Lipinski definition) is 0. The van der Waals surface area contributed by atoms with Gasteiger partial charge in [0.15, 0.2) is 0 Å². The first-order valence-corrected chi connectivity index (χ1v) is 15.2. The Morgan fingerprint density at radius 2 is 1.05 bits per heavy atom. The molecule has 2 heteroatoms. The van der Waals surface area contributed by atoms with Crippen molar-refractivity contribution in [3.05, 3.63) is 152 Å². The molecule has 0 atom stereocenters. The minimum absolute atomic E-state index is 1.18. The maximum atomic E-state index is 2.40. The number of rotatable bonds is 3. The Morgan fingerprint density at radius 1 is 0.381 bits per heavy atom. The second-order valence-electron chi connectivity index (χ2n) is 10.9. The molecule has 42 heavy (non-hydrogen) atoms. The summed E-state index contributed by atoms with van der Waals surface area (Å²) in [4.78, 5) is 2.64. The van der Waals surface area contributed by atoms with Crippen LogP contribution in [-0.4, -0.2) is 4.57 Å². The third-order valence-electron chi connectivity index (χ3n) is 8.60. The van der Waals surface area contributed by atoms with Crippen LogP contribution in [-0.2, 0) is 0 Å². The molecule has 8 aromatic rings. The quantitative estimate of drug-likeness (QED) is 0.211. The van der Waals surface area contributed by atoms with Crippen LogP contribution < -0.4 is 0 Å². The zero-order chi connectivity index (χ0) is 27.6. The summed E-state index contributed by atoms with van der Waals surface area (Å²) in [5, 5.41) is 5.23. The Labute approximate surface area is 248 Å². The fraction of sp³-hybridized carbons (Fsp3) is 0. The predicted octanol–water partition coefficient (Wildman–Crippen LogP) is 11.4. The largest absolute Gasteiger partial charge is 0.309 e. The third kappa shape index (κ3) is 3.46. The van der Waals surface area contributed by atoms with E-state index in [-0.39, 0.29) is 0 Å². The second kappa shape index (κ2) is 9.24. The molecule has 9 rings (SSSR count). The first kappa shape index (κ1) is 23.6. The van der Waals surface area contributed by atoms with Crippen molar-refractivity contribution in [2.75, 3.05) is 0 Å². The van der Waals surface area contributed by atoms with Gasteiger partial charge in [0.25, 0.3) is 0 Å². The lowest BCUT2D eigenvalue weighted by Gasteiger charge is -2.23. The molecule has 0 fully saturated rings. The van der Waals surface area contributed by atoms with Gasteiger partial charge in [-0.2, -0.15) is 0 Å². The highest BCUT2D eigenvalue weighted by Crippen LogP contribution is 2.51. The van der Waals surface area contributed by atoms with E-state index >= 15 is 0 Å². The highest BCUT2D eigenvalue weighted by Gasteiger charge is 2.23. The number of hydrogen-bond acceptors (Lipinski definition) is 1. The summed E-state index contributed by atoms with van der Waals surface area (Å²) in [6.07, 6.45) is 0. The zero-order valence-electron chi connectivity index (χ0n) is 22.8. The molecule has 196 valence electrons. The van der Waals surface area contributed by atoms with Gasteiger partial charge in [-0.1, -0.05) is 121 Å². The van der Waals surface area contributed by atoms with Crippen LogP contribution in [0.1, 0.15) is 0 Å². The molecule has 0 amide bonds. The first-order chi connectivity index (χ1) is 20.8. The van der Waals surface area contributed by atoms with Crippen molar-refractivity contribution in [1.82, 2.24) is 4.57 Å². The zero-order valence-corrected chi connectivity index (χ0v) is 23.6. The Balaban J connectivity index is 1.31. The molecule has 1 aliphatic heterocycles. The van der Waals surface area contributed by atoms with Crippen molar-refractivity contribution in [3.63, 3.8) is 0 Å². The van der Waals surface area contributed by atoms with Crippen molar-refractivity contribution in [1.29, 1.82) is 0 Å². The highest BCUT2D eigenvalue weighted by atomic mass is 32.2. The van der Waals surface area contributed by atoms with Crippen LogP contribution >= 0.6 is 11.8 Å². The van der Waals surface area contributed by atoms with E-state index in [1.165, 1.54) is 81.4 Å². The Hall–Kier alpha value is -5.05. The van der Waals surface area contributed by atoms with Crippen molar-refractivity contribution in [2.24, 2.45) is 0 Å². The molecule has 7 aromatic carbocycles. The van der Waals surface area contributed by atoms with Crippen LogP contribution in [0.25, 0.3) is 71.6 Å². The predicted molar refractivity (Wildman–Crippen MR) is 179 cm³/mol. The van der Waals surface area contributed by atoms with E-state index in [0.29, 0.717) is 0 Å². The number of fused-ring (bicyclic) bond motifs is 5. The fourth-order valence-electron chi connectivity index (χ4n) is 6.78. The molecule has 0 spiro atoms. The topological polar surface area (TPSA) is 4.93 Å². The van der Waals surface area contributed by atoms with Gasteiger partial charge in [0.2, 0.25) is 0 Å². The van der Waals surface area contributed by atoms with Crippen molar-refractivity contribution in [2.45, 2.75) is 9.79 Å². The molecule has 2 heterocycles. The van der Waals surface area contributed by atoms with Crippen LogP contribution in [0.2, 0.25) is 0 Å². The van der Waals surface area contributed by atoms with Crippen LogP contribution in [0.4, 0.5) is 0 Å². The number of nitrogens with zero attached hydrogens (tertiary/aromatic N) is 1. The molecule has 1 nitrogen and oxygen atoms in total. The van der Waals surface area contributed by atoms with Crippen LogP contribution in [0.5, 0.6) is 0 Å². The smallest absolute Gasteiger partial charge is 0.0547 e. The molecule has 0 saturated carbocycles. The van der Waals surface area contributed by atoms with E-state index in [0.717, 1.165) is 0 Å². The minimum atomic E-state index is 1.18. The summed E-state index contributed by atoms with van der Waals surface area (Å²) in [5.74, 6) is 0. The summed E-state index contributed by atoms with van der Waals surface area (Å²) in [6.45, 7) is 0. The highest BCUT2D eigenvalue weighted by molar-refractivity contribution is 7.99. The lowest BCUT2D eigenvalue weighted by Crippen LogP contribution is -1.95. The lowest BCUT2D eigenvalue weighted by molar-refractivity contribution is 1.18. The monoisotopic (exact) mass is 551 g/mol. The molecule has 0 radical (unpaired) electrons. The van der Waals surface area contributed by atoms with Gasteiger partial charge in [-0.15, -0.1) is 0 Å². The van der Waals surface area contributed by atoms with E-state index in [1.807, 2.05) is 11.8 Å². The van der Waals surface area contributed by atoms with Gasteiger partial charge in [-0.05, 0) is 81.2 Å². The molecule has 0 saturated heterocycles. The summed E-state index contributed by atoms with van der Waals surface area (Å²) < 4.78 is 2.40. The number of para-hydroxylation sites is 2. The fourth-order valence-corrected chi connectivity index (χ4v) is 7.89. The SMILES string of the molecule is c1ccc(-c2ccc3c(c2)-c2cccc4c(-c5cccc6c5c5ccccc5n6-c5ccccc5)ccc(c24)S3)cc1. The van der Waals surface area contributed by atoms with Gasteiger partial charge >= 0.3 is 0 Å². The number of aromatic nitrogens is 1. The molecule has 0 N–H and O–H groups in total.